The standard InChI is InChI=1S/C17H18N4O3S2/c1-4-11-6-7-12-13(8-11)25-17(21(12)9-14(22)24-5-2)18-16(23)15-10(3)19-20-26-15/h6-8H,4-5,9H2,1-3H3. The number of ether oxygens (including phenoxy) is 1. The molecule has 0 bridgehead atoms. The zero-order chi connectivity index (χ0) is 18.7. The molecule has 136 valence electrons. The SMILES string of the molecule is CCOC(=O)Cn1c(=NC(=O)c2snnc2C)sc2cc(CC)ccc21. The van der Waals surface area contributed by atoms with E-state index in [0.29, 0.717) is 22.0 Å². The van der Waals surface area contributed by atoms with Crippen molar-refractivity contribution in [3.8, 4) is 0 Å². The molecule has 0 radical (unpaired) electrons. The fraction of sp³-hybridized carbons (Fsp3) is 0.353. The molecule has 0 aliphatic heterocycles. The van der Waals surface area contributed by atoms with E-state index in [1.165, 1.54) is 16.9 Å². The molecule has 0 saturated heterocycles. The molecule has 0 aliphatic rings. The molecule has 0 aliphatic carbocycles. The highest BCUT2D eigenvalue weighted by Gasteiger charge is 2.16. The van der Waals surface area contributed by atoms with Crippen molar-refractivity contribution in [1.29, 1.82) is 0 Å². The van der Waals surface area contributed by atoms with E-state index in [1.54, 1.807) is 18.4 Å². The maximum Gasteiger partial charge on any atom is 0.326 e. The van der Waals surface area contributed by atoms with Gasteiger partial charge in [0, 0.05) is 0 Å². The lowest BCUT2D eigenvalue weighted by molar-refractivity contribution is -0.143. The van der Waals surface area contributed by atoms with Crippen LogP contribution in [-0.4, -0.2) is 32.6 Å². The van der Waals surface area contributed by atoms with Crippen LogP contribution in [0.25, 0.3) is 10.2 Å². The minimum atomic E-state index is -0.405. The van der Waals surface area contributed by atoms with Crippen LogP contribution in [0.1, 0.15) is 34.8 Å². The van der Waals surface area contributed by atoms with Crippen molar-refractivity contribution in [2.75, 3.05) is 6.61 Å². The highest BCUT2D eigenvalue weighted by atomic mass is 32.1. The largest absolute Gasteiger partial charge is 0.465 e. The van der Waals surface area contributed by atoms with Gasteiger partial charge >= 0.3 is 5.97 Å². The molecule has 3 rings (SSSR count). The first-order chi connectivity index (χ1) is 12.5. The quantitative estimate of drug-likeness (QED) is 0.625. The van der Waals surface area contributed by atoms with E-state index in [-0.39, 0.29) is 12.5 Å². The molecule has 0 atom stereocenters. The summed E-state index contributed by atoms with van der Waals surface area (Å²) in [4.78, 5) is 29.6. The Labute approximate surface area is 158 Å². The number of esters is 1. The molecule has 9 heteroatoms. The molecule has 0 fully saturated rings. The summed E-state index contributed by atoms with van der Waals surface area (Å²) in [6, 6.07) is 6.02. The van der Waals surface area contributed by atoms with Gasteiger partial charge in [-0.15, -0.1) is 5.10 Å². The molecule has 26 heavy (non-hydrogen) atoms. The van der Waals surface area contributed by atoms with Crippen molar-refractivity contribution in [2.24, 2.45) is 4.99 Å². The number of benzene rings is 1. The van der Waals surface area contributed by atoms with Gasteiger partial charge in [-0.2, -0.15) is 4.99 Å². The molecule has 0 spiro atoms. The number of thiazole rings is 1. The number of aromatic nitrogens is 3. The Hall–Kier alpha value is -2.39. The summed E-state index contributed by atoms with van der Waals surface area (Å²) in [5.74, 6) is -0.770. The minimum Gasteiger partial charge on any atom is -0.465 e. The van der Waals surface area contributed by atoms with E-state index in [2.05, 4.69) is 27.6 Å². The minimum absolute atomic E-state index is 0.00531. The molecule has 2 aromatic heterocycles. The average Bonchev–Trinajstić information content (AvgIpc) is 3.18. The Bertz CT molecular complexity index is 1030. The van der Waals surface area contributed by atoms with Crippen molar-refractivity contribution in [3.05, 3.63) is 39.1 Å². The van der Waals surface area contributed by atoms with Crippen LogP contribution < -0.4 is 4.80 Å². The van der Waals surface area contributed by atoms with E-state index >= 15 is 0 Å². The van der Waals surface area contributed by atoms with E-state index in [0.717, 1.165) is 28.2 Å². The van der Waals surface area contributed by atoms with E-state index < -0.39 is 5.91 Å². The number of carbonyl (C=O) groups excluding carboxylic acids is 2. The zero-order valence-corrected chi connectivity index (χ0v) is 16.3. The lowest BCUT2D eigenvalue weighted by Crippen LogP contribution is -2.23. The fourth-order valence-electron chi connectivity index (χ4n) is 2.48. The van der Waals surface area contributed by atoms with Crippen LogP contribution in [0.2, 0.25) is 0 Å². The first-order valence-electron chi connectivity index (χ1n) is 8.19. The predicted molar refractivity (Wildman–Crippen MR) is 100 cm³/mol. The Morgan fingerprint density at radius 3 is 2.77 bits per heavy atom. The number of hydrogen-bond acceptors (Lipinski definition) is 7. The number of amides is 1. The fourth-order valence-corrected chi connectivity index (χ4v) is 4.11. The second-order valence-corrected chi connectivity index (χ2v) is 7.30. The number of aryl methyl sites for hydroxylation is 2. The van der Waals surface area contributed by atoms with Crippen molar-refractivity contribution in [3.63, 3.8) is 0 Å². The van der Waals surface area contributed by atoms with Gasteiger partial charge in [-0.3, -0.25) is 9.59 Å². The summed E-state index contributed by atoms with van der Waals surface area (Å²) in [5.41, 5.74) is 2.59. The molecule has 3 aromatic rings. The summed E-state index contributed by atoms with van der Waals surface area (Å²) in [6.45, 7) is 5.87. The van der Waals surface area contributed by atoms with E-state index in [1.807, 2.05) is 12.1 Å². The van der Waals surface area contributed by atoms with Crippen LogP contribution in [0.3, 0.4) is 0 Å². The lowest BCUT2D eigenvalue weighted by Gasteiger charge is -2.05. The van der Waals surface area contributed by atoms with Crippen molar-refractivity contribution < 1.29 is 14.3 Å². The van der Waals surface area contributed by atoms with Gasteiger partial charge in [-0.1, -0.05) is 28.8 Å². The monoisotopic (exact) mass is 390 g/mol. The summed E-state index contributed by atoms with van der Waals surface area (Å²) >= 11 is 2.39. The lowest BCUT2D eigenvalue weighted by atomic mass is 10.2. The Balaban J connectivity index is 2.12. The number of carbonyl (C=O) groups is 2. The van der Waals surface area contributed by atoms with Crippen molar-refractivity contribution in [2.45, 2.75) is 33.7 Å². The summed E-state index contributed by atoms with van der Waals surface area (Å²) in [6.07, 6.45) is 0.906. The molecule has 0 N–H and O–H groups in total. The van der Waals surface area contributed by atoms with Crippen LogP contribution in [0.5, 0.6) is 0 Å². The van der Waals surface area contributed by atoms with Gasteiger partial charge in [0.15, 0.2) is 4.80 Å². The summed E-state index contributed by atoms with van der Waals surface area (Å²) in [7, 11) is 0. The van der Waals surface area contributed by atoms with Gasteiger partial charge < -0.3 is 9.30 Å². The van der Waals surface area contributed by atoms with Gasteiger partial charge in [0.05, 0.1) is 22.5 Å². The Morgan fingerprint density at radius 1 is 1.31 bits per heavy atom. The maximum absolute atomic E-state index is 12.5. The first-order valence-corrected chi connectivity index (χ1v) is 9.78. The highest BCUT2D eigenvalue weighted by Crippen LogP contribution is 2.20. The second kappa shape index (κ2) is 7.88. The van der Waals surface area contributed by atoms with Gasteiger partial charge in [0.1, 0.15) is 11.4 Å². The van der Waals surface area contributed by atoms with Crippen LogP contribution in [0, 0.1) is 6.92 Å². The molecular formula is C17H18N4O3S2. The van der Waals surface area contributed by atoms with Crippen molar-refractivity contribution in [1.82, 2.24) is 14.2 Å². The number of hydrogen-bond donors (Lipinski definition) is 0. The van der Waals surface area contributed by atoms with E-state index in [9.17, 15) is 9.59 Å². The number of nitrogens with zero attached hydrogens (tertiary/aromatic N) is 4. The number of rotatable bonds is 5. The smallest absolute Gasteiger partial charge is 0.326 e. The van der Waals surface area contributed by atoms with Gasteiger partial charge in [0.2, 0.25) is 0 Å². The topological polar surface area (TPSA) is 86.4 Å². The Kier molecular flexibility index (Phi) is 5.58. The van der Waals surface area contributed by atoms with Gasteiger partial charge in [-0.05, 0) is 49.5 Å². The second-order valence-electron chi connectivity index (χ2n) is 5.54. The molecule has 1 amide bonds. The summed E-state index contributed by atoms with van der Waals surface area (Å²) < 4.78 is 11.5. The molecule has 7 nitrogen and oxygen atoms in total. The molecule has 0 saturated carbocycles. The average molecular weight is 390 g/mol. The normalized spacial score (nSPS) is 11.9. The van der Waals surface area contributed by atoms with Crippen LogP contribution in [0.4, 0.5) is 0 Å². The maximum atomic E-state index is 12.5. The first kappa shape index (κ1) is 18.4. The van der Waals surface area contributed by atoms with Gasteiger partial charge in [0.25, 0.3) is 5.91 Å². The molecule has 2 heterocycles. The van der Waals surface area contributed by atoms with Crippen LogP contribution >= 0.6 is 22.9 Å². The third kappa shape index (κ3) is 3.73. The van der Waals surface area contributed by atoms with Gasteiger partial charge in [-0.25, -0.2) is 0 Å². The zero-order valence-electron chi connectivity index (χ0n) is 14.7. The molecular weight excluding hydrogens is 372 g/mol. The third-order valence-corrected chi connectivity index (χ3v) is 5.65. The number of fused-ring (bicyclic) bond motifs is 1. The summed E-state index contributed by atoms with van der Waals surface area (Å²) in [5, 5.41) is 3.85. The Morgan fingerprint density at radius 2 is 2.12 bits per heavy atom. The van der Waals surface area contributed by atoms with Crippen LogP contribution in [-0.2, 0) is 22.5 Å². The van der Waals surface area contributed by atoms with E-state index in [4.69, 9.17) is 4.74 Å². The van der Waals surface area contributed by atoms with Crippen LogP contribution in [0.15, 0.2) is 23.2 Å². The molecule has 1 aromatic carbocycles. The predicted octanol–water partition coefficient (Wildman–Crippen LogP) is 2.73. The third-order valence-electron chi connectivity index (χ3n) is 3.79. The van der Waals surface area contributed by atoms with Crippen molar-refractivity contribution >= 4 is 45.0 Å². The highest BCUT2D eigenvalue weighted by molar-refractivity contribution is 7.16. The molecule has 0 unspecified atom stereocenters.